The number of carbonyl (C=O) groups excluding carboxylic acids is 1. The molecule has 1 unspecified atom stereocenters. The SMILES string of the molecule is CCCC(NCCc1cccc(F)c1)C(=O)OCC. The molecule has 1 N–H and O–H groups in total. The van der Waals surface area contributed by atoms with Crippen LogP contribution in [0.3, 0.4) is 0 Å². The molecule has 0 saturated heterocycles. The van der Waals surface area contributed by atoms with Gasteiger partial charge in [0.25, 0.3) is 0 Å². The highest BCUT2D eigenvalue weighted by atomic mass is 19.1. The van der Waals surface area contributed by atoms with Crippen LogP contribution >= 0.6 is 0 Å². The van der Waals surface area contributed by atoms with E-state index in [1.54, 1.807) is 13.0 Å². The van der Waals surface area contributed by atoms with Crippen LogP contribution in [-0.4, -0.2) is 25.2 Å². The van der Waals surface area contributed by atoms with Gasteiger partial charge in [-0.2, -0.15) is 0 Å². The number of nitrogens with one attached hydrogen (secondary N) is 1. The molecule has 1 atom stereocenters. The Morgan fingerprint density at radius 2 is 2.21 bits per heavy atom. The van der Waals surface area contributed by atoms with Gasteiger partial charge in [0.2, 0.25) is 0 Å². The summed E-state index contributed by atoms with van der Waals surface area (Å²) < 4.78 is 18.0. The molecule has 0 radical (unpaired) electrons. The van der Waals surface area contributed by atoms with Crippen molar-refractivity contribution in [1.82, 2.24) is 5.32 Å². The Labute approximate surface area is 114 Å². The number of halogens is 1. The minimum Gasteiger partial charge on any atom is -0.465 e. The van der Waals surface area contributed by atoms with Gasteiger partial charge in [0.1, 0.15) is 11.9 Å². The highest BCUT2D eigenvalue weighted by molar-refractivity contribution is 5.75. The van der Waals surface area contributed by atoms with Crippen LogP contribution < -0.4 is 5.32 Å². The average molecular weight is 267 g/mol. The Hall–Kier alpha value is -1.42. The molecule has 19 heavy (non-hydrogen) atoms. The lowest BCUT2D eigenvalue weighted by Crippen LogP contribution is -2.39. The average Bonchev–Trinajstić information content (AvgIpc) is 2.38. The molecule has 4 heteroatoms. The summed E-state index contributed by atoms with van der Waals surface area (Å²) in [4.78, 5) is 11.7. The van der Waals surface area contributed by atoms with Crippen molar-refractivity contribution in [2.75, 3.05) is 13.2 Å². The summed E-state index contributed by atoms with van der Waals surface area (Å²) in [6, 6.07) is 6.25. The van der Waals surface area contributed by atoms with Gasteiger partial charge in [-0.15, -0.1) is 0 Å². The fourth-order valence-electron chi connectivity index (χ4n) is 1.92. The van der Waals surface area contributed by atoms with Crippen molar-refractivity contribution < 1.29 is 13.9 Å². The van der Waals surface area contributed by atoms with Crippen molar-refractivity contribution in [3.05, 3.63) is 35.6 Å². The zero-order valence-corrected chi connectivity index (χ0v) is 11.6. The minimum atomic E-state index is -0.265. The normalized spacial score (nSPS) is 12.2. The smallest absolute Gasteiger partial charge is 0.323 e. The van der Waals surface area contributed by atoms with E-state index in [4.69, 9.17) is 4.74 Å². The number of rotatable bonds is 8. The Kier molecular flexibility index (Phi) is 7.11. The van der Waals surface area contributed by atoms with Gasteiger partial charge in [0.05, 0.1) is 6.61 Å². The maximum Gasteiger partial charge on any atom is 0.323 e. The highest BCUT2D eigenvalue weighted by Gasteiger charge is 2.17. The van der Waals surface area contributed by atoms with E-state index in [0.29, 0.717) is 19.6 Å². The molecule has 0 bridgehead atoms. The van der Waals surface area contributed by atoms with Crippen molar-refractivity contribution in [3.8, 4) is 0 Å². The van der Waals surface area contributed by atoms with E-state index in [1.165, 1.54) is 12.1 Å². The molecule has 0 saturated carbocycles. The zero-order valence-electron chi connectivity index (χ0n) is 11.6. The van der Waals surface area contributed by atoms with Crippen LogP contribution in [0.15, 0.2) is 24.3 Å². The number of carbonyl (C=O) groups is 1. The lowest BCUT2D eigenvalue weighted by atomic mass is 10.1. The number of benzene rings is 1. The molecular formula is C15H22FNO2. The third kappa shape index (κ3) is 5.83. The lowest BCUT2D eigenvalue weighted by Gasteiger charge is -2.16. The van der Waals surface area contributed by atoms with Gasteiger partial charge in [-0.05, 0) is 44.0 Å². The van der Waals surface area contributed by atoms with Crippen LogP contribution in [0, 0.1) is 5.82 Å². The monoisotopic (exact) mass is 267 g/mol. The van der Waals surface area contributed by atoms with Gasteiger partial charge in [-0.1, -0.05) is 25.5 Å². The number of hydrogen-bond donors (Lipinski definition) is 1. The van der Waals surface area contributed by atoms with Crippen LogP contribution in [0.2, 0.25) is 0 Å². The summed E-state index contributed by atoms with van der Waals surface area (Å²) in [7, 11) is 0. The second-order valence-electron chi connectivity index (χ2n) is 4.43. The third-order valence-corrected chi connectivity index (χ3v) is 2.84. The first-order chi connectivity index (χ1) is 9.17. The van der Waals surface area contributed by atoms with E-state index in [0.717, 1.165) is 18.4 Å². The molecule has 0 amide bonds. The van der Waals surface area contributed by atoms with Crippen LogP contribution in [0.1, 0.15) is 32.3 Å². The van der Waals surface area contributed by atoms with Gasteiger partial charge in [0, 0.05) is 0 Å². The van der Waals surface area contributed by atoms with E-state index in [1.807, 2.05) is 13.0 Å². The number of esters is 1. The summed E-state index contributed by atoms with van der Waals surface area (Å²) >= 11 is 0. The topological polar surface area (TPSA) is 38.3 Å². The Balaban J connectivity index is 2.41. The van der Waals surface area contributed by atoms with Gasteiger partial charge >= 0.3 is 5.97 Å². The molecule has 0 heterocycles. The number of ether oxygens (including phenoxy) is 1. The van der Waals surface area contributed by atoms with Crippen molar-refractivity contribution >= 4 is 5.97 Å². The van der Waals surface area contributed by atoms with Gasteiger partial charge in [-0.25, -0.2) is 4.39 Å². The third-order valence-electron chi connectivity index (χ3n) is 2.84. The Bertz CT molecular complexity index is 395. The van der Waals surface area contributed by atoms with Crippen molar-refractivity contribution in [3.63, 3.8) is 0 Å². The van der Waals surface area contributed by atoms with Crippen molar-refractivity contribution in [2.24, 2.45) is 0 Å². The quantitative estimate of drug-likeness (QED) is 0.736. The summed E-state index contributed by atoms with van der Waals surface area (Å²) in [6.07, 6.45) is 2.36. The highest BCUT2D eigenvalue weighted by Crippen LogP contribution is 2.05. The van der Waals surface area contributed by atoms with Gasteiger partial charge in [0.15, 0.2) is 0 Å². The molecule has 3 nitrogen and oxygen atoms in total. The van der Waals surface area contributed by atoms with Crippen LogP contribution in [-0.2, 0) is 16.0 Å². The fourth-order valence-corrected chi connectivity index (χ4v) is 1.92. The summed E-state index contributed by atoms with van der Waals surface area (Å²) in [5, 5.41) is 3.18. The molecule has 0 aromatic heterocycles. The van der Waals surface area contributed by atoms with Crippen molar-refractivity contribution in [2.45, 2.75) is 39.2 Å². The zero-order chi connectivity index (χ0) is 14.1. The minimum absolute atomic E-state index is 0.205. The van der Waals surface area contributed by atoms with Gasteiger partial charge in [-0.3, -0.25) is 4.79 Å². The molecule has 0 aliphatic carbocycles. The number of hydrogen-bond acceptors (Lipinski definition) is 3. The second-order valence-corrected chi connectivity index (χ2v) is 4.43. The molecule has 0 aliphatic rings. The van der Waals surface area contributed by atoms with Crippen LogP contribution in [0.4, 0.5) is 4.39 Å². The predicted molar refractivity (Wildman–Crippen MR) is 73.4 cm³/mol. The first-order valence-electron chi connectivity index (χ1n) is 6.81. The first kappa shape index (κ1) is 15.6. The standard InChI is InChI=1S/C15H22FNO2/c1-3-6-14(15(18)19-4-2)17-10-9-12-7-5-8-13(16)11-12/h5,7-8,11,14,17H,3-4,6,9-10H2,1-2H3. The van der Waals surface area contributed by atoms with E-state index in [-0.39, 0.29) is 17.8 Å². The molecule has 1 aromatic carbocycles. The molecule has 1 aromatic rings. The van der Waals surface area contributed by atoms with E-state index < -0.39 is 0 Å². The fraction of sp³-hybridized carbons (Fsp3) is 0.533. The largest absolute Gasteiger partial charge is 0.465 e. The maximum absolute atomic E-state index is 13.0. The molecule has 0 spiro atoms. The maximum atomic E-state index is 13.0. The summed E-state index contributed by atoms with van der Waals surface area (Å²) in [6.45, 7) is 4.85. The van der Waals surface area contributed by atoms with Gasteiger partial charge < -0.3 is 10.1 Å². The molecule has 0 fully saturated rings. The van der Waals surface area contributed by atoms with Crippen LogP contribution in [0.25, 0.3) is 0 Å². The summed E-state index contributed by atoms with van der Waals surface area (Å²) in [5.41, 5.74) is 0.923. The van der Waals surface area contributed by atoms with E-state index in [9.17, 15) is 9.18 Å². The Morgan fingerprint density at radius 3 is 2.84 bits per heavy atom. The van der Waals surface area contributed by atoms with Crippen molar-refractivity contribution in [1.29, 1.82) is 0 Å². The molecular weight excluding hydrogens is 245 g/mol. The van der Waals surface area contributed by atoms with E-state index >= 15 is 0 Å². The van der Waals surface area contributed by atoms with Crippen LogP contribution in [0.5, 0.6) is 0 Å². The molecule has 1 rings (SSSR count). The molecule has 0 aliphatic heterocycles. The van der Waals surface area contributed by atoms with E-state index in [2.05, 4.69) is 5.32 Å². The lowest BCUT2D eigenvalue weighted by molar-refractivity contribution is -0.145. The second kappa shape index (κ2) is 8.64. The predicted octanol–water partition coefficient (Wildman–Crippen LogP) is 2.69. The Morgan fingerprint density at radius 1 is 1.42 bits per heavy atom. The molecule has 106 valence electrons. The summed E-state index contributed by atoms with van der Waals surface area (Å²) in [5.74, 6) is -0.434. The first-order valence-corrected chi connectivity index (χ1v) is 6.81.